The predicted molar refractivity (Wildman–Crippen MR) is 98.1 cm³/mol. The van der Waals surface area contributed by atoms with Gasteiger partial charge in [0.25, 0.3) is 5.91 Å². The highest BCUT2D eigenvalue weighted by molar-refractivity contribution is 6.03. The first-order chi connectivity index (χ1) is 13.4. The van der Waals surface area contributed by atoms with E-state index < -0.39 is 17.6 Å². The maximum atomic E-state index is 12.6. The van der Waals surface area contributed by atoms with Crippen LogP contribution in [0.2, 0.25) is 0 Å². The molecule has 0 aliphatic rings. The van der Waals surface area contributed by atoms with Crippen LogP contribution in [0.15, 0.2) is 66.9 Å². The number of nitriles is 1. The number of carbonyl (C=O) groups is 1. The number of amides is 1. The minimum absolute atomic E-state index is 0.130. The third kappa shape index (κ3) is 4.45. The Morgan fingerprint density at radius 2 is 1.64 bits per heavy atom. The quantitative estimate of drug-likeness (QED) is 0.668. The maximum Gasteiger partial charge on any atom is 0.416 e. The lowest BCUT2D eigenvalue weighted by Gasteiger charge is -2.10. The average Bonchev–Trinajstić information content (AvgIpc) is 2.68. The number of aromatic nitrogens is 1. The molecule has 0 atom stereocenters. The number of pyridine rings is 1. The smallest absolute Gasteiger partial charge is 0.354 e. The molecule has 28 heavy (non-hydrogen) atoms. The molecule has 0 fully saturated rings. The van der Waals surface area contributed by atoms with Crippen molar-refractivity contribution < 1.29 is 18.0 Å². The molecule has 3 rings (SSSR count). The van der Waals surface area contributed by atoms with Crippen molar-refractivity contribution in [2.24, 2.45) is 0 Å². The van der Waals surface area contributed by atoms with E-state index in [4.69, 9.17) is 5.26 Å². The molecule has 0 radical (unpaired) electrons. The minimum atomic E-state index is -4.39. The summed E-state index contributed by atoms with van der Waals surface area (Å²) in [7, 11) is 0. The van der Waals surface area contributed by atoms with Gasteiger partial charge in [0.2, 0.25) is 0 Å². The SMILES string of the molecule is N#Cc1ccccc1NC(=O)c1ccc(Nc2ccc(C(F)(F)F)cc2)cn1. The Bertz CT molecular complexity index is 1020. The van der Waals surface area contributed by atoms with Crippen LogP contribution in [0.1, 0.15) is 21.6 Å². The fourth-order valence-corrected chi connectivity index (χ4v) is 2.39. The molecule has 0 saturated heterocycles. The zero-order chi connectivity index (χ0) is 20.1. The second-order valence-corrected chi connectivity index (χ2v) is 5.74. The summed E-state index contributed by atoms with van der Waals surface area (Å²) in [4.78, 5) is 16.3. The fourth-order valence-electron chi connectivity index (χ4n) is 2.39. The molecule has 0 bridgehead atoms. The lowest BCUT2D eigenvalue weighted by atomic mass is 10.2. The van der Waals surface area contributed by atoms with E-state index in [0.717, 1.165) is 12.1 Å². The van der Waals surface area contributed by atoms with Crippen LogP contribution in [0.4, 0.5) is 30.2 Å². The van der Waals surface area contributed by atoms with Crippen molar-refractivity contribution in [1.82, 2.24) is 4.98 Å². The Morgan fingerprint density at radius 1 is 0.964 bits per heavy atom. The first-order valence-electron chi connectivity index (χ1n) is 8.07. The number of halogens is 3. The van der Waals surface area contributed by atoms with Crippen molar-refractivity contribution in [3.8, 4) is 6.07 Å². The molecule has 0 aliphatic carbocycles. The topological polar surface area (TPSA) is 77.8 Å². The molecule has 0 aliphatic heterocycles. The van der Waals surface area contributed by atoms with Crippen molar-refractivity contribution in [2.75, 3.05) is 10.6 Å². The average molecular weight is 382 g/mol. The lowest BCUT2D eigenvalue weighted by molar-refractivity contribution is -0.137. The minimum Gasteiger partial charge on any atom is -0.354 e. The zero-order valence-corrected chi connectivity index (χ0v) is 14.3. The van der Waals surface area contributed by atoms with E-state index in [2.05, 4.69) is 15.6 Å². The number of para-hydroxylation sites is 1. The van der Waals surface area contributed by atoms with Crippen molar-refractivity contribution >= 4 is 23.0 Å². The summed E-state index contributed by atoms with van der Waals surface area (Å²) in [6, 6.07) is 16.2. The van der Waals surface area contributed by atoms with E-state index in [1.807, 2.05) is 6.07 Å². The summed E-state index contributed by atoms with van der Waals surface area (Å²) in [6.45, 7) is 0. The van der Waals surface area contributed by atoms with Crippen molar-refractivity contribution in [3.63, 3.8) is 0 Å². The number of anilines is 3. The van der Waals surface area contributed by atoms with Gasteiger partial charge in [-0.3, -0.25) is 4.79 Å². The molecule has 8 heteroatoms. The van der Waals surface area contributed by atoms with E-state index in [1.54, 1.807) is 30.3 Å². The number of rotatable bonds is 4. The van der Waals surface area contributed by atoms with Crippen LogP contribution >= 0.6 is 0 Å². The third-order valence-corrected chi connectivity index (χ3v) is 3.79. The summed E-state index contributed by atoms with van der Waals surface area (Å²) in [5, 5.41) is 14.6. The number of nitrogens with one attached hydrogen (secondary N) is 2. The number of nitrogens with zero attached hydrogens (tertiary/aromatic N) is 2. The predicted octanol–water partition coefficient (Wildman–Crippen LogP) is 4.97. The molecule has 140 valence electrons. The number of hydrogen-bond acceptors (Lipinski definition) is 4. The molecule has 1 amide bonds. The van der Waals surface area contributed by atoms with Gasteiger partial charge in [-0.2, -0.15) is 18.4 Å². The van der Waals surface area contributed by atoms with Crippen LogP contribution in [0.25, 0.3) is 0 Å². The summed E-state index contributed by atoms with van der Waals surface area (Å²) in [6.07, 6.45) is -3.00. The first-order valence-corrected chi connectivity index (χ1v) is 8.07. The second-order valence-electron chi connectivity index (χ2n) is 5.74. The Morgan fingerprint density at radius 3 is 2.25 bits per heavy atom. The van der Waals surface area contributed by atoms with Gasteiger partial charge in [0.1, 0.15) is 11.8 Å². The van der Waals surface area contributed by atoms with Gasteiger partial charge in [-0.25, -0.2) is 4.98 Å². The van der Waals surface area contributed by atoms with Gasteiger partial charge in [0.05, 0.1) is 28.7 Å². The van der Waals surface area contributed by atoms with Crippen molar-refractivity contribution in [2.45, 2.75) is 6.18 Å². The van der Waals surface area contributed by atoms with Gasteiger partial charge >= 0.3 is 6.18 Å². The molecular formula is C20H13F3N4O. The number of carbonyl (C=O) groups excluding carboxylic acids is 1. The number of benzene rings is 2. The van der Waals surface area contributed by atoms with Crippen LogP contribution < -0.4 is 10.6 Å². The van der Waals surface area contributed by atoms with Crippen LogP contribution in [-0.2, 0) is 6.18 Å². The summed E-state index contributed by atoms with van der Waals surface area (Å²) in [5.74, 6) is -0.483. The van der Waals surface area contributed by atoms with Crippen LogP contribution in [0, 0.1) is 11.3 Å². The van der Waals surface area contributed by atoms with Crippen molar-refractivity contribution in [1.29, 1.82) is 5.26 Å². The van der Waals surface area contributed by atoms with Gasteiger partial charge in [0.15, 0.2) is 0 Å². The maximum absolute atomic E-state index is 12.6. The van der Waals surface area contributed by atoms with Gasteiger partial charge < -0.3 is 10.6 Å². The highest BCUT2D eigenvalue weighted by atomic mass is 19.4. The monoisotopic (exact) mass is 382 g/mol. The molecule has 2 N–H and O–H groups in total. The standard InChI is InChI=1S/C20H13F3N4O/c21-20(22,23)14-5-7-15(8-6-14)26-16-9-10-18(25-12-16)19(28)27-17-4-2-1-3-13(17)11-24/h1-10,12,26H,(H,27,28). The lowest BCUT2D eigenvalue weighted by Crippen LogP contribution is -2.14. The Hall–Kier alpha value is -3.86. The van der Waals surface area contributed by atoms with Gasteiger partial charge in [-0.1, -0.05) is 12.1 Å². The second kappa shape index (κ2) is 7.80. The molecule has 5 nitrogen and oxygen atoms in total. The van der Waals surface area contributed by atoms with E-state index in [1.165, 1.54) is 24.4 Å². The molecule has 3 aromatic rings. The molecule has 0 spiro atoms. The zero-order valence-electron chi connectivity index (χ0n) is 14.3. The van der Waals surface area contributed by atoms with E-state index in [0.29, 0.717) is 22.6 Å². The van der Waals surface area contributed by atoms with Crippen LogP contribution in [0.5, 0.6) is 0 Å². The Labute approximate surface area is 158 Å². The molecule has 0 unspecified atom stereocenters. The number of hydrogen-bond donors (Lipinski definition) is 2. The van der Waals surface area contributed by atoms with Crippen LogP contribution in [-0.4, -0.2) is 10.9 Å². The largest absolute Gasteiger partial charge is 0.416 e. The molecule has 0 saturated carbocycles. The summed E-state index contributed by atoms with van der Waals surface area (Å²) in [5.41, 5.74) is 1.07. The van der Waals surface area contributed by atoms with E-state index in [-0.39, 0.29) is 5.69 Å². The van der Waals surface area contributed by atoms with Crippen molar-refractivity contribution in [3.05, 3.63) is 83.7 Å². The first kappa shape index (κ1) is 18.9. The normalized spacial score (nSPS) is 10.8. The summed E-state index contributed by atoms with van der Waals surface area (Å²) >= 11 is 0. The highest BCUT2D eigenvalue weighted by Crippen LogP contribution is 2.30. The Kier molecular flexibility index (Phi) is 5.27. The van der Waals surface area contributed by atoms with E-state index in [9.17, 15) is 18.0 Å². The van der Waals surface area contributed by atoms with E-state index >= 15 is 0 Å². The molecular weight excluding hydrogens is 369 g/mol. The third-order valence-electron chi connectivity index (χ3n) is 3.79. The Balaban J connectivity index is 1.68. The fraction of sp³-hybridized carbons (Fsp3) is 0.0500. The molecule has 1 heterocycles. The summed E-state index contributed by atoms with van der Waals surface area (Å²) < 4.78 is 37.8. The van der Waals surface area contributed by atoms with Crippen LogP contribution in [0.3, 0.4) is 0 Å². The van der Waals surface area contributed by atoms with Gasteiger partial charge in [-0.05, 0) is 48.5 Å². The molecule has 2 aromatic carbocycles. The number of alkyl halides is 3. The molecule has 1 aromatic heterocycles. The van der Waals surface area contributed by atoms with Gasteiger partial charge in [0, 0.05) is 5.69 Å². The van der Waals surface area contributed by atoms with Gasteiger partial charge in [-0.15, -0.1) is 0 Å². The highest BCUT2D eigenvalue weighted by Gasteiger charge is 2.29.